The fraction of sp³-hybridized carbons (Fsp3) is 1.00. The molecule has 4 atom stereocenters. The maximum Gasteiger partial charge on any atom is 0.0674 e. The second-order valence-electron chi connectivity index (χ2n) is 7.76. The Labute approximate surface area is 131 Å². The second kappa shape index (κ2) is 7.43. The molecule has 1 heterocycles. The highest BCUT2D eigenvalue weighted by Crippen LogP contribution is 2.42. The Kier molecular flexibility index (Phi) is 6.10. The molecular formula is C18H36N2O. The second-order valence-corrected chi connectivity index (χ2v) is 7.76. The zero-order valence-electron chi connectivity index (χ0n) is 14.8. The van der Waals surface area contributed by atoms with Gasteiger partial charge >= 0.3 is 0 Å². The predicted octanol–water partition coefficient (Wildman–Crippen LogP) is 3.29. The maximum atomic E-state index is 5.75. The van der Waals surface area contributed by atoms with Crippen LogP contribution in [0.5, 0.6) is 0 Å². The Morgan fingerprint density at radius 1 is 1.24 bits per heavy atom. The molecule has 0 aromatic carbocycles. The zero-order chi connectivity index (χ0) is 15.5. The summed E-state index contributed by atoms with van der Waals surface area (Å²) >= 11 is 0. The highest BCUT2D eigenvalue weighted by Gasteiger charge is 2.40. The molecule has 0 radical (unpaired) electrons. The molecule has 4 unspecified atom stereocenters. The largest absolute Gasteiger partial charge is 0.376 e. The Balaban J connectivity index is 2.07. The van der Waals surface area contributed by atoms with Gasteiger partial charge in [0.2, 0.25) is 0 Å². The molecule has 124 valence electrons. The molecule has 0 amide bonds. The van der Waals surface area contributed by atoms with E-state index < -0.39 is 0 Å². The Bertz CT molecular complexity index is 318. The van der Waals surface area contributed by atoms with E-state index in [1.807, 2.05) is 0 Å². The summed E-state index contributed by atoms with van der Waals surface area (Å²) in [6.45, 7) is 15.9. The first-order valence-electron chi connectivity index (χ1n) is 9.07. The average molecular weight is 296 g/mol. The van der Waals surface area contributed by atoms with Crippen LogP contribution in [0.2, 0.25) is 0 Å². The van der Waals surface area contributed by atoms with E-state index >= 15 is 0 Å². The molecule has 3 heteroatoms. The lowest BCUT2D eigenvalue weighted by Crippen LogP contribution is -2.58. The van der Waals surface area contributed by atoms with E-state index in [4.69, 9.17) is 4.74 Å². The number of hydrogen-bond donors (Lipinski definition) is 1. The minimum atomic E-state index is 0.389. The summed E-state index contributed by atoms with van der Waals surface area (Å²) in [4.78, 5) is 2.71. The van der Waals surface area contributed by atoms with Gasteiger partial charge in [-0.3, -0.25) is 4.90 Å². The third-order valence-electron chi connectivity index (χ3n) is 6.04. The first kappa shape index (κ1) is 17.2. The Hall–Kier alpha value is -0.120. The van der Waals surface area contributed by atoms with Crippen LogP contribution in [-0.4, -0.2) is 49.3 Å². The van der Waals surface area contributed by atoms with Gasteiger partial charge in [0, 0.05) is 25.2 Å². The van der Waals surface area contributed by atoms with Crippen molar-refractivity contribution in [3.63, 3.8) is 0 Å². The van der Waals surface area contributed by atoms with Crippen LogP contribution in [0.25, 0.3) is 0 Å². The van der Waals surface area contributed by atoms with E-state index in [9.17, 15) is 0 Å². The molecule has 2 fully saturated rings. The van der Waals surface area contributed by atoms with Crippen LogP contribution in [0.3, 0.4) is 0 Å². The number of morpholine rings is 1. The third kappa shape index (κ3) is 4.20. The topological polar surface area (TPSA) is 24.5 Å². The van der Waals surface area contributed by atoms with Crippen molar-refractivity contribution in [1.82, 2.24) is 10.2 Å². The van der Waals surface area contributed by atoms with Crippen LogP contribution in [0.1, 0.15) is 60.3 Å². The van der Waals surface area contributed by atoms with E-state index in [0.717, 1.165) is 32.2 Å². The first-order valence-corrected chi connectivity index (χ1v) is 9.07. The molecule has 0 aromatic rings. The SMILES string of the molecule is CCNC1CCC(C(C)(C)CC)CC1N1CCOC(C)C1. The fourth-order valence-corrected chi connectivity index (χ4v) is 4.20. The monoisotopic (exact) mass is 296 g/mol. The minimum absolute atomic E-state index is 0.389. The van der Waals surface area contributed by atoms with E-state index in [1.165, 1.54) is 25.7 Å². The summed E-state index contributed by atoms with van der Waals surface area (Å²) in [7, 11) is 0. The van der Waals surface area contributed by atoms with E-state index in [0.29, 0.717) is 23.6 Å². The molecule has 2 aliphatic rings. The maximum absolute atomic E-state index is 5.75. The molecule has 1 saturated carbocycles. The number of hydrogen-bond acceptors (Lipinski definition) is 3. The molecule has 0 bridgehead atoms. The van der Waals surface area contributed by atoms with Gasteiger partial charge in [0.25, 0.3) is 0 Å². The van der Waals surface area contributed by atoms with Gasteiger partial charge in [0.15, 0.2) is 0 Å². The summed E-state index contributed by atoms with van der Waals surface area (Å²) < 4.78 is 5.75. The van der Waals surface area contributed by atoms with Crippen LogP contribution in [0.15, 0.2) is 0 Å². The summed E-state index contributed by atoms with van der Waals surface area (Å²) in [5.41, 5.74) is 0.480. The number of nitrogens with zero attached hydrogens (tertiary/aromatic N) is 1. The molecule has 21 heavy (non-hydrogen) atoms. The number of likely N-dealkylation sites (N-methyl/N-ethyl adjacent to an activating group) is 1. The number of rotatable bonds is 5. The molecule has 0 spiro atoms. The molecule has 1 aliphatic carbocycles. The number of nitrogens with one attached hydrogen (secondary N) is 1. The first-order chi connectivity index (χ1) is 9.97. The van der Waals surface area contributed by atoms with Crippen molar-refractivity contribution in [3.8, 4) is 0 Å². The van der Waals surface area contributed by atoms with Gasteiger partial charge in [0.1, 0.15) is 0 Å². The summed E-state index contributed by atoms with van der Waals surface area (Å²) in [5.74, 6) is 0.862. The third-order valence-corrected chi connectivity index (χ3v) is 6.04. The van der Waals surface area contributed by atoms with Gasteiger partial charge in [0.05, 0.1) is 12.7 Å². The normalized spacial score (nSPS) is 35.9. The molecule has 1 aliphatic heterocycles. The smallest absolute Gasteiger partial charge is 0.0674 e. The Morgan fingerprint density at radius 3 is 2.62 bits per heavy atom. The van der Waals surface area contributed by atoms with Crippen LogP contribution in [0.4, 0.5) is 0 Å². The molecule has 2 rings (SSSR count). The summed E-state index contributed by atoms with van der Waals surface area (Å²) in [5, 5.41) is 3.75. The van der Waals surface area contributed by atoms with Gasteiger partial charge in [-0.1, -0.05) is 34.1 Å². The fourth-order valence-electron chi connectivity index (χ4n) is 4.20. The van der Waals surface area contributed by atoms with Crippen LogP contribution >= 0.6 is 0 Å². The van der Waals surface area contributed by atoms with Crippen molar-refractivity contribution in [3.05, 3.63) is 0 Å². The van der Waals surface area contributed by atoms with Crippen LogP contribution < -0.4 is 5.32 Å². The quantitative estimate of drug-likeness (QED) is 0.842. The predicted molar refractivity (Wildman–Crippen MR) is 89.7 cm³/mol. The van der Waals surface area contributed by atoms with Gasteiger partial charge in [-0.15, -0.1) is 0 Å². The van der Waals surface area contributed by atoms with Crippen molar-refractivity contribution in [2.75, 3.05) is 26.2 Å². The zero-order valence-corrected chi connectivity index (χ0v) is 14.8. The van der Waals surface area contributed by atoms with Crippen molar-refractivity contribution < 1.29 is 4.74 Å². The van der Waals surface area contributed by atoms with Crippen LogP contribution in [-0.2, 0) is 4.74 Å². The number of ether oxygens (including phenoxy) is 1. The summed E-state index contributed by atoms with van der Waals surface area (Å²) in [6, 6.07) is 1.37. The van der Waals surface area contributed by atoms with Gasteiger partial charge in [-0.25, -0.2) is 0 Å². The Morgan fingerprint density at radius 2 is 2.00 bits per heavy atom. The van der Waals surface area contributed by atoms with Crippen molar-refractivity contribution in [1.29, 1.82) is 0 Å². The van der Waals surface area contributed by atoms with Crippen molar-refractivity contribution in [2.45, 2.75) is 78.5 Å². The molecule has 1 saturated heterocycles. The molecule has 1 N–H and O–H groups in total. The van der Waals surface area contributed by atoms with E-state index in [1.54, 1.807) is 0 Å². The highest BCUT2D eigenvalue weighted by atomic mass is 16.5. The highest BCUT2D eigenvalue weighted by molar-refractivity contribution is 4.95. The van der Waals surface area contributed by atoms with Gasteiger partial charge in [-0.2, -0.15) is 0 Å². The van der Waals surface area contributed by atoms with Crippen LogP contribution in [0, 0.1) is 11.3 Å². The molecule has 0 aromatic heterocycles. The lowest BCUT2D eigenvalue weighted by Gasteiger charge is -2.48. The summed E-state index contributed by atoms with van der Waals surface area (Å²) in [6.07, 6.45) is 5.74. The van der Waals surface area contributed by atoms with Gasteiger partial charge < -0.3 is 10.1 Å². The van der Waals surface area contributed by atoms with Crippen molar-refractivity contribution in [2.24, 2.45) is 11.3 Å². The molecule has 3 nitrogen and oxygen atoms in total. The van der Waals surface area contributed by atoms with E-state index in [-0.39, 0.29) is 0 Å². The minimum Gasteiger partial charge on any atom is -0.376 e. The van der Waals surface area contributed by atoms with Crippen molar-refractivity contribution >= 4 is 0 Å². The van der Waals surface area contributed by atoms with E-state index in [2.05, 4.69) is 44.8 Å². The lowest BCUT2D eigenvalue weighted by atomic mass is 9.67. The molecular weight excluding hydrogens is 260 g/mol. The van der Waals surface area contributed by atoms with Gasteiger partial charge in [-0.05, 0) is 44.1 Å². The average Bonchev–Trinajstić information content (AvgIpc) is 2.48. The standard InChI is InChI=1S/C18H36N2O/c1-6-18(4,5)15-8-9-16(19-7-2)17(12-15)20-10-11-21-14(3)13-20/h14-17,19H,6-13H2,1-5H3. The lowest BCUT2D eigenvalue weighted by molar-refractivity contribution is -0.0551.